The van der Waals surface area contributed by atoms with Crippen LogP contribution < -0.4 is 14.8 Å². The van der Waals surface area contributed by atoms with Crippen LogP contribution in [0.4, 0.5) is 0 Å². The molecule has 4 aromatic rings. The minimum absolute atomic E-state index is 0.239. The van der Waals surface area contributed by atoms with E-state index < -0.39 is 6.10 Å². The highest BCUT2D eigenvalue weighted by molar-refractivity contribution is 5.83. The largest absolute Gasteiger partial charge is 0.492 e. The number of hydrogen-bond donors (Lipinski definition) is 2. The smallest absolute Gasteiger partial charge is 0.157 e. The van der Waals surface area contributed by atoms with Gasteiger partial charge in [-0.25, -0.2) is 0 Å². The normalized spacial score (nSPS) is 12.2. The van der Waals surface area contributed by atoms with Crippen molar-refractivity contribution in [1.82, 2.24) is 10.5 Å². The van der Waals surface area contributed by atoms with Gasteiger partial charge in [-0.05, 0) is 36.4 Å². The van der Waals surface area contributed by atoms with Crippen LogP contribution >= 0.6 is 0 Å². The first-order valence-corrected chi connectivity index (χ1v) is 9.42. The second-order valence-electron chi connectivity index (χ2n) is 6.53. The lowest BCUT2D eigenvalue weighted by atomic mass is 10.2. The lowest BCUT2D eigenvalue weighted by molar-refractivity contribution is 0.105. The Kier molecular flexibility index (Phi) is 6.09. The minimum atomic E-state index is -0.590. The summed E-state index contributed by atoms with van der Waals surface area (Å²) >= 11 is 0. The molecule has 2 aromatic heterocycles. The fraction of sp³-hybridized carbons (Fsp3) is 0.227. The number of benzene rings is 2. The topological polar surface area (TPSA) is 89.9 Å². The first-order chi connectivity index (χ1) is 14.3. The number of hydrogen-bond acceptors (Lipinski definition) is 7. The van der Waals surface area contributed by atoms with Crippen LogP contribution in [-0.4, -0.2) is 42.7 Å². The molecule has 1 atom stereocenters. The number of aliphatic hydroxyl groups excluding tert-OH is 1. The first-order valence-electron chi connectivity index (χ1n) is 9.42. The Balaban J connectivity index is 1.19. The molecule has 0 bridgehead atoms. The van der Waals surface area contributed by atoms with Crippen molar-refractivity contribution < 1.29 is 23.5 Å². The average molecular weight is 394 g/mol. The molecule has 4 rings (SSSR count). The first kappa shape index (κ1) is 19.0. The van der Waals surface area contributed by atoms with Crippen molar-refractivity contribution >= 4 is 11.0 Å². The summed E-state index contributed by atoms with van der Waals surface area (Å²) in [6.45, 7) is 1.75. The van der Waals surface area contributed by atoms with Gasteiger partial charge in [-0.2, -0.15) is 0 Å². The SMILES string of the molecule is OC(CNCCOc1ccc2oc(-c3ccon3)cc2c1)COc1ccccc1. The van der Waals surface area contributed by atoms with Gasteiger partial charge in [0.15, 0.2) is 5.76 Å². The molecule has 0 radical (unpaired) electrons. The Bertz CT molecular complexity index is 1010. The number of nitrogens with one attached hydrogen (secondary N) is 1. The number of ether oxygens (including phenoxy) is 2. The van der Waals surface area contributed by atoms with Crippen LogP contribution in [-0.2, 0) is 0 Å². The fourth-order valence-electron chi connectivity index (χ4n) is 2.85. The third-order valence-electron chi connectivity index (χ3n) is 4.29. The Morgan fingerprint density at radius 2 is 1.90 bits per heavy atom. The third kappa shape index (κ3) is 5.16. The molecule has 0 fully saturated rings. The number of para-hydroxylation sites is 1. The molecule has 29 heavy (non-hydrogen) atoms. The molecule has 2 aromatic carbocycles. The Hall–Kier alpha value is -3.29. The number of aromatic nitrogens is 1. The van der Waals surface area contributed by atoms with E-state index in [1.54, 1.807) is 6.07 Å². The lowest BCUT2D eigenvalue weighted by Gasteiger charge is -2.13. The predicted octanol–water partition coefficient (Wildman–Crippen LogP) is 3.50. The molecule has 7 heteroatoms. The summed E-state index contributed by atoms with van der Waals surface area (Å²) in [6, 6.07) is 18.7. The zero-order valence-corrected chi connectivity index (χ0v) is 15.8. The fourth-order valence-corrected chi connectivity index (χ4v) is 2.85. The van der Waals surface area contributed by atoms with Crippen molar-refractivity contribution in [3.8, 4) is 23.0 Å². The van der Waals surface area contributed by atoms with E-state index in [2.05, 4.69) is 10.5 Å². The summed E-state index contributed by atoms with van der Waals surface area (Å²) in [5.74, 6) is 2.15. The van der Waals surface area contributed by atoms with E-state index in [1.807, 2.05) is 54.6 Å². The summed E-state index contributed by atoms with van der Waals surface area (Å²) in [5.41, 5.74) is 1.41. The van der Waals surface area contributed by atoms with Gasteiger partial charge in [-0.1, -0.05) is 23.4 Å². The zero-order valence-electron chi connectivity index (χ0n) is 15.8. The molecule has 0 saturated carbocycles. The van der Waals surface area contributed by atoms with Gasteiger partial charge in [0, 0.05) is 24.5 Å². The molecule has 1 unspecified atom stereocenters. The van der Waals surface area contributed by atoms with Gasteiger partial charge in [0.2, 0.25) is 0 Å². The van der Waals surface area contributed by atoms with Crippen molar-refractivity contribution in [3.05, 3.63) is 66.9 Å². The molecule has 0 spiro atoms. The highest BCUT2D eigenvalue weighted by atomic mass is 16.5. The molecular formula is C22H22N2O5. The maximum atomic E-state index is 9.98. The average Bonchev–Trinajstić information content (AvgIpc) is 3.42. The highest BCUT2D eigenvalue weighted by Gasteiger charge is 2.10. The van der Waals surface area contributed by atoms with Gasteiger partial charge in [0.1, 0.15) is 48.4 Å². The second kappa shape index (κ2) is 9.27. The molecule has 0 aliphatic heterocycles. The van der Waals surface area contributed by atoms with Gasteiger partial charge in [-0.15, -0.1) is 0 Å². The zero-order chi connectivity index (χ0) is 19.9. The van der Waals surface area contributed by atoms with E-state index in [0.29, 0.717) is 31.2 Å². The predicted molar refractivity (Wildman–Crippen MR) is 108 cm³/mol. The van der Waals surface area contributed by atoms with Crippen LogP contribution in [0.5, 0.6) is 11.5 Å². The number of aliphatic hydroxyl groups is 1. The van der Waals surface area contributed by atoms with Crippen molar-refractivity contribution in [2.24, 2.45) is 0 Å². The van der Waals surface area contributed by atoms with Crippen molar-refractivity contribution in [1.29, 1.82) is 0 Å². The van der Waals surface area contributed by atoms with Gasteiger partial charge >= 0.3 is 0 Å². The Morgan fingerprint density at radius 1 is 1.00 bits per heavy atom. The van der Waals surface area contributed by atoms with E-state index in [1.165, 1.54) is 6.26 Å². The van der Waals surface area contributed by atoms with E-state index in [0.717, 1.165) is 22.5 Å². The number of furan rings is 1. The second-order valence-corrected chi connectivity index (χ2v) is 6.53. The van der Waals surface area contributed by atoms with Crippen LogP contribution in [0.15, 0.2) is 75.9 Å². The van der Waals surface area contributed by atoms with Gasteiger partial charge in [0.25, 0.3) is 0 Å². The van der Waals surface area contributed by atoms with Gasteiger partial charge < -0.3 is 28.8 Å². The van der Waals surface area contributed by atoms with Crippen LogP contribution in [0.3, 0.4) is 0 Å². The number of rotatable bonds is 10. The number of fused-ring (bicyclic) bond motifs is 1. The summed E-state index contributed by atoms with van der Waals surface area (Å²) in [7, 11) is 0. The van der Waals surface area contributed by atoms with Gasteiger partial charge in [0.05, 0.1) is 0 Å². The molecule has 0 saturated heterocycles. The molecule has 7 nitrogen and oxygen atoms in total. The molecule has 0 aliphatic rings. The maximum absolute atomic E-state index is 9.98. The van der Waals surface area contributed by atoms with E-state index in [9.17, 15) is 5.11 Å². The summed E-state index contributed by atoms with van der Waals surface area (Å²) in [4.78, 5) is 0. The quantitative estimate of drug-likeness (QED) is 0.398. The molecule has 0 aliphatic carbocycles. The van der Waals surface area contributed by atoms with E-state index in [4.69, 9.17) is 18.4 Å². The standard InChI is InChI=1S/C22H22N2O5/c25-17(15-27-18-4-2-1-3-5-18)14-23-9-11-26-19-6-7-21-16(12-19)13-22(29-21)20-8-10-28-24-20/h1-8,10,12-13,17,23,25H,9,11,14-15H2. The molecule has 2 N–H and O–H groups in total. The Labute approximate surface area is 167 Å². The highest BCUT2D eigenvalue weighted by Crippen LogP contribution is 2.29. The molecule has 150 valence electrons. The van der Waals surface area contributed by atoms with Crippen LogP contribution in [0.25, 0.3) is 22.4 Å². The monoisotopic (exact) mass is 394 g/mol. The van der Waals surface area contributed by atoms with E-state index in [-0.39, 0.29) is 6.61 Å². The lowest BCUT2D eigenvalue weighted by Crippen LogP contribution is -2.33. The third-order valence-corrected chi connectivity index (χ3v) is 4.29. The van der Waals surface area contributed by atoms with Gasteiger partial charge in [-0.3, -0.25) is 0 Å². The van der Waals surface area contributed by atoms with Crippen molar-refractivity contribution in [2.75, 3.05) is 26.3 Å². The summed E-state index contributed by atoms with van der Waals surface area (Å²) in [6.07, 6.45) is 0.918. The number of nitrogens with zero attached hydrogens (tertiary/aromatic N) is 1. The van der Waals surface area contributed by atoms with Crippen LogP contribution in [0.2, 0.25) is 0 Å². The van der Waals surface area contributed by atoms with Crippen molar-refractivity contribution in [3.63, 3.8) is 0 Å². The maximum Gasteiger partial charge on any atom is 0.157 e. The Morgan fingerprint density at radius 3 is 2.72 bits per heavy atom. The van der Waals surface area contributed by atoms with Crippen LogP contribution in [0, 0.1) is 0 Å². The molecule has 2 heterocycles. The summed E-state index contributed by atoms with van der Waals surface area (Å²) in [5, 5.41) is 17.9. The summed E-state index contributed by atoms with van der Waals surface area (Å²) < 4.78 is 21.9. The van der Waals surface area contributed by atoms with E-state index >= 15 is 0 Å². The molecular weight excluding hydrogens is 372 g/mol. The molecule has 0 amide bonds. The minimum Gasteiger partial charge on any atom is -0.492 e. The van der Waals surface area contributed by atoms with Crippen molar-refractivity contribution in [2.45, 2.75) is 6.10 Å². The van der Waals surface area contributed by atoms with Crippen LogP contribution in [0.1, 0.15) is 0 Å².